The summed E-state index contributed by atoms with van der Waals surface area (Å²) in [5.41, 5.74) is 4.01. The minimum Gasteiger partial charge on any atom is -0.484 e. The Balaban J connectivity index is 1.38. The highest BCUT2D eigenvalue weighted by atomic mass is 16.5. The fourth-order valence-electron chi connectivity index (χ4n) is 3.63. The summed E-state index contributed by atoms with van der Waals surface area (Å²) in [4.78, 5) is 14.7. The van der Waals surface area contributed by atoms with Gasteiger partial charge in [0.2, 0.25) is 0 Å². The number of amides is 1. The van der Waals surface area contributed by atoms with Gasteiger partial charge in [-0.25, -0.2) is 0 Å². The molecule has 0 atom stereocenters. The van der Waals surface area contributed by atoms with Gasteiger partial charge in [0.25, 0.3) is 5.91 Å². The Bertz CT molecular complexity index is 762. The van der Waals surface area contributed by atoms with Crippen molar-refractivity contribution in [2.24, 2.45) is 0 Å². The number of nitrogens with zero attached hydrogens (tertiary/aromatic N) is 1. The van der Waals surface area contributed by atoms with Crippen molar-refractivity contribution in [1.29, 1.82) is 0 Å². The average Bonchev–Trinajstić information content (AvgIpc) is 2.70. The monoisotopic (exact) mass is 380 g/mol. The predicted octanol–water partition coefficient (Wildman–Crippen LogP) is 4.28. The summed E-state index contributed by atoms with van der Waals surface area (Å²) in [6.07, 6.45) is 1.97. The summed E-state index contributed by atoms with van der Waals surface area (Å²) in [5, 5.41) is 3.12. The number of nitrogens with one attached hydrogen (secondary N) is 1. The molecule has 4 heteroatoms. The maximum absolute atomic E-state index is 12.2. The molecule has 3 rings (SSSR count). The second kappa shape index (κ2) is 9.74. The van der Waals surface area contributed by atoms with Crippen LogP contribution in [0.3, 0.4) is 0 Å². The Morgan fingerprint density at radius 2 is 1.79 bits per heavy atom. The molecule has 1 aliphatic rings. The number of carbonyl (C=O) groups excluding carboxylic acids is 1. The Hall–Kier alpha value is -2.33. The Morgan fingerprint density at radius 1 is 1.11 bits per heavy atom. The molecule has 1 fully saturated rings. The lowest BCUT2D eigenvalue weighted by Crippen LogP contribution is -2.45. The number of carbonyl (C=O) groups is 1. The number of ether oxygens (including phenoxy) is 1. The van der Waals surface area contributed by atoms with E-state index in [0.717, 1.165) is 38.2 Å². The zero-order valence-electron chi connectivity index (χ0n) is 17.3. The van der Waals surface area contributed by atoms with Crippen molar-refractivity contribution in [1.82, 2.24) is 10.2 Å². The van der Waals surface area contributed by atoms with Crippen molar-refractivity contribution in [3.63, 3.8) is 0 Å². The quantitative estimate of drug-likeness (QED) is 0.780. The average molecular weight is 381 g/mol. The van der Waals surface area contributed by atoms with Gasteiger partial charge in [-0.2, -0.15) is 0 Å². The molecule has 0 saturated carbocycles. The van der Waals surface area contributed by atoms with E-state index in [1.807, 2.05) is 12.1 Å². The van der Waals surface area contributed by atoms with Gasteiger partial charge in [-0.15, -0.1) is 0 Å². The first-order valence-corrected chi connectivity index (χ1v) is 10.3. The zero-order valence-corrected chi connectivity index (χ0v) is 17.3. The first-order chi connectivity index (χ1) is 13.5. The van der Waals surface area contributed by atoms with E-state index in [-0.39, 0.29) is 18.6 Å². The van der Waals surface area contributed by atoms with Crippen molar-refractivity contribution in [2.75, 3.05) is 19.7 Å². The molecule has 0 spiro atoms. The van der Waals surface area contributed by atoms with Crippen LogP contribution in [0.1, 0.15) is 49.3 Å². The van der Waals surface area contributed by atoms with Gasteiger partial charge in [0, 0.05) is 25.7 Å². The predicted molar refractivity (Wildman–Crippen MR) is 114 cm³/mol. The van der Waals surface area contributed by atoms with E-state index in [1.165, 1.54) is 16.7 Å². The van der Waals surface area contributed by atoms with E-state index >= 15 is 0 Å². The van der Waals surface area contributed by atoms with E-state index < -0.39 is 0 Å². The first-order valence-electron chi connectivity index (χ1n) is 10.3. The van der Waals surface area contributed by atoms with Crippen LogP contribution in [0.4, 0.5) is 0 Å². The van der Waals surface area contributed by atoms with Crippen molar-refractivity contribution in [3.8, 4) is 5.75 Å². The molecule has 4 nitrogen and oxygen atoms in total. The number of likely N-dealkylation sites (tertiary alicyclic amines) is 1. The second-order valence-electron chi connectivity index (χ2n) is 8.06. The van der Waals surface area contributed by atoms with Gasteiger partial charge in [0.1, 0.15) is 5.75 Å². The minimum absolute atomic E-state index is 0.0368. The van der Waals surface area contributed by atoms with Crippen LogP contribution in [-0.2, 0) is 11.3 Å². The van der Waals surface area contributed by atoms with Crippen LogP contribution in [0.15, 0.2) is 48.5 Å². The molecule has 1 aliphatic heterocycles. The van der Waals surface area contributed by atoms with Gasteiger partial charge in [-0.05, 0) is 54.5 Å². The number of aryl methyl sites for hydroxylation is 1. The lowest BCUT2D eigenvalue weighted by Gasteiger charge is -2.32. The van der Waals surface area contributed by atoms with Crippen LogP contribution < -0.4 is 10.1 Å². The van der Waals surface area contributed by atoms with E-state index in [2.05, 4.69) is 67.4 Å². The van der Waals surface area contributed by atoms with Gasteiger partial charge in [0.05, 0.1) is 0 Å². The highest BCUT2D eigenvalue weighted by Crippen LogP contribution is 2.19. The highest BCUT2D eigenvalue weighted by Gasteiger charge is 2.21. The van der Waals surface area contributed by atoms with Gasteiger partial charge in [0.15, 0.2) is 6.61 Å². The van der Waals surface area contributed by atoms with E-state index in [9.17, 15) is 4.79 Å². The third-order valence-corrected chi connectivity index (χ3v) is 5.52. The van der Waals surface area contributed by atoms with E-state index in [1.54, 1.807) is 0 Å². The van der Waals surface area contributed by atoms with Gasteiger partial charge < -0.3 is 10.1 Å². The molecule has 0 unspecified atom stereocenters. The van der Waals surface area contributed by atoms with Crippen LogP contribution in [0, 0.1) is 6.92 Å². The summed E-state index contributed by atoms with van der Waals surface area (Å²) < 4.78 is 5.63. The number of benzene rings is 2. The maximum Gasteiger partial charge on any atom is 0.258 e. The summed E-state index contributed by atoms with van der Waals surface area (Å²) in [6.45, 7) is 9.57. The summed E-state index contributed by atoms with van der Waals surface area (Å²) in [6, 6.07) is 16.8. The molecule has 0 bridgehead atoms. The van der Waals surface area contributed by atoms with E-state index in [4.69, 9.17) is 4.74 Å². The highest BCUT2D eigenvalue weighted by molar-refractivity contribution is 5.77. The topological polar surface area (TPSA) is 41.6 Å². The normalized spacial score (nSPS) is 15.6. The second-order valence-corrected chi connectivity index (χ2v) is 8.06. The minimum atomic E-state index is -0.0368. The molecule has 0 aliphatic carbocycles. The van der Waals surface area contributed by atoms with Crippen molar-refractivity contribution in [3.05, 3.63) is 65.2 Å². The molecule has 1 heterocycles. The number of hydrogen-bond acceptors (Lipinski definition) is 3. The number of piperidine rings is 1. The molecule has 0 radical (unpaired) electrons. The van der Waals surface area contributed by atoms with Crippen LogP contribution in [-0.4, -0.2) is 36.5 Å². The zero-order chi connectivity index (χ0) is 19.9. The lowest BCUT2D eigenvalue weighted by molar-refractivity contribution is -0.124. The maximum atomic E-state index is 12.2. The molecular weight excluding hydrogens is 348 g/mol. The standard InChI is InChI=1S/C24H32N2O2/c1-18(2)20-8-10-23(11-9-20)28-17-24(27)25-22-12-14-26(15-13-22)16-21-7-5-4-6-19(21)3/h4-11,18,22H,12-17H2,1-3H3,(H,25,27). The van der Waals surface area contributed by atoms with Gasteiger partial charge >= 0.3 is 0 Å². The van der Waals surface area contributed by atoms with Crippen molar-refractivity contribution >= 4 is 5.91 Å². The smallest absolute Gasteiger partial charge is 0.258 e. The van der Waals surface area contributed by atoms with E-state index in [0.29, 0.717) is 5.92 Å². The van der Waals surface area contributed by atoms with Crippen LogP contribution >= 0.6 is 0 Å². The lowest BCUT2D eigenvalue weighted by atomic mass is 10.0. The van der Waals surface area contributed by atoms with Crippen molar-refractivity contribution < 1.29 is 9.53 Å². The third-order valence-electron chi connectivity index (χ3n) is 5.52. The molecule has 28 heavy (non-hydrogen) atoms. The first kappa shape index (κ1) is 20.4. The van der Waals surface area contributed by atoms with Gasteiger partial charge in [-0.1, -0.05) is 50.2 Å². The third kappa shape index (κ3) is 5.83. The Morgan fingerprint density at radius 3 is 2.43 bits per heavy atom. The molecule has 150 valence electrons. The molecule has 1 N–H and O–H groups in total. The Labute approximate surface area is 168 Å². The molecule has 1 amide bonds. The fourth-order valence-corrected chi connectivity index (χ4v) is 3.63. The summed E-state index contributed by atoms with van der Waals surface area (Å²) >= 11 is 0. The fraction of sp³-hybridized carbons (Fsp3) is 0.458. The summed E-state index contributed by atoms with van der Waals surface area (Å²) in [7, 11) is 0. The van der Waals surface area contributed by atoms with Crippen molar-refractivity contribution in [2.45, 2.75) is 52.1 Å². The van der Waals surface area contributed by atoms with Crippen LogP contribution in [0.25, 0.3) is 0 Å². The molecule has 1 saturated heterocycles. The number of hydrogen-bond donors (Lipinski definition) is 1. The SMILES string of the molecule is Cc1ccccc1CN1CCC(NC(=O)COc2ccc(C(C)C)cc2)CC1. The molecular formula is C24H32N2O2. The molecule has 0 aromatic heterocycles. The van der Waals surface area contributed by atoms with Gasteiger partial charge in [-0.3, -0.25) is 9.69 Å². The van der Waals surface area contributed by atoms with Crippen LogP contribution in [0.2, 0.25) is 0 Å². The van der Waals surface area contributed by atoms with Crippen LogP contribution in [0.5, 0.6) is 5.75 Å². The summed E-state index contributed by atoms with van der Waals surface area (Å²) in [5.74, 6) is 1.20. The largest absolute Gasteiger partial charge is 0.484 e. The Kier molecular flexibility index (Phi) is 7.10. The molecule has 2 aromatic rings. The molecule has 2 aromatic carbocycles. The number of rotatable bonds is 7.